The van der Waals surface area contributed by atoms with E-state index >= 15 is 0 Å². The molecule has 4 nitrogen and oxygen atoms in total. The Bertz CT molecular complexity index is 561. The molecule has 0 aliphatic heterocycles. The highest BCUT2D eigenvalue weighted by Gasteiger charge is 2.26. The van der Waals surface area contributed by atoms with Gasteiger partial charge in [-0.15, -0.1) is 0 Å². The third kappa shape index (κ3) is 4.27. The van der Waals surface area contributed by atoms with E-state index in [2.05, 4.69) is 20.7 Å². The molecule has 1 aromatic rings. The number of aryl methyl sites for hydroxylation is 1. The summed E-state index contributed by atoms with van der Waals surface area (Å²) in [4.78, 5) is 11.8. The van der Waals surface area contributed by atoms with E-state index in [0.717, 1.165) is 10.0 Å². The van der Waals surface area contributed by atoms with Crippen LogP contribution in [-0.2, 0) is 18.0 Å². The van der Waals surface area contributed by atoms with Crippen LogP contribution in [0.15, 0.2) is 21.5 Å². The van der Waals surface area contributed by atoms with Crippen LogP contribution < -0.4 is 10.3 Å². The molecule has 0 saturated carbocycles. The lowest BCUT2D eigenvalue weighted by atomic mass is 9.98. The zero-order valence-electron chi connectivity index (χ0n) is 12.9. The minimum atomic E-state index is -1.19. The largest absolute Gasteiger partial charge is 0.317 e. The van der Waals surface area contributed by atoms with Crippen molar-refractivity contribution < 1.29 is 4.21 Å². The van der Waals surface area contributed by atoms with Gasteiger partial charge >= 0.3 is 0 Å². The predicted molar refractivity (Wildman–Crippen MR) is 88.0 cm³/mol. The molecule has 6 heteroatoms. The minimum Gasteiger partial charge on any atom is -0.317 e. The molecular weight excluding hydrogens is 340 g/mol. The summed E-state index contributed by atoms with van der Waals surface area (Å²) in [7, 11) is 0.522. The predicted octanol–water partition coefficient (Wildman–Crippen LogP) is 2.90. The first-order valence-corrected chi connectivity index (χ1v) is 8.52. The van der Waals surface area contributed by atoms with Gasteiger partial charge in [-0.2, -0.15) is 0 Å². The van der Waals surface area contributed by atoms with Crippen LogP contribution in [-0.4, -0.2) is 13.5 Å². The Hall–Kier alpha value is -0.460. The number of halogens is 1. The van der Waals surface area contributed by atoms with Crippen LogP contribution >= 0.6 is 15.9 Å². The van der Waals surface area contributed by atoms with Crippen molar-refractivity contribution in [1.29, 1.82) is 0 Å². The summed E-state index contributed by atoms with van der Waals surface area (Å²) >= 11 is 3.49. The molecule has 0 unspecified atom stereocenters. The van der Waals surface area contributed by atoms with Gasteiger partial charge in [0.1, 0.15) is 0 Å². The van der Waals surface area contributed by atoms with Crippen molar-refractivity contribution in [3.05, 3.63) is 32.7 Å². The zero-order valence-corrected chi connectivity index (χ0v) is 15.3. The van der Waals surface area contributed by atoms with Crippen molar-refractivity contribution in [2.24, 2.45) is 13.0 Å². The summed E-state index contributed by atoms with van der Waals surface area (Å²) in [5.41, 5.74) is 0.776. The fourth-order valence-electron chi connectivity index (χ4n) is 1.70. The quantitative estimate of drug-likeness (QED) is 0.894. The molecule has 1 rings (SSSR count). The van der Waals surface area contributed by atoms with Gasteiger partial charge in [-0.1, -0.05) is 13.8 Å². The summed E-state index contributed by atoms with van der Waals surface area (Å²) in [6.45, 7) is 9.86. The van der Waals surface area contributed by atoms with Crippen LogP contribution in [0.5, 0.6) is 0 Å². The number of nitrogens with one attached hydrogen (secondary N) is 1. The van der Waals surface area contributed by atoms with E-state index < -0.39 is 11.0 Å². The van der Waals surface area contributed by atoms with Crippen LogP contribution in [0.4, 0.5) is 0 Å². The van der Waals surface area contributed by atoms with Gasteiger partial charge in [-0.25, -0.2) is 8.93 Å². The number of nitrogens with zero attached hydrogens (tertiary/aromatic N) is 1. The molecule has 0 fully saturated rings. The molecule has 20 heavy (non-hydrogen) atoms. The first kappa shape index (κ1) is 17.6. The van der Waals surface area contributed by atoms with Crippen molar-refractivity contribution in [2.45, 2.75) is 45.4 Å². The van der Waals surface area contributed by atoms with E-state index in [0.29, 0.717) is 0 Å². The standard InChI is InChI=1S/C14H23BrN2O2S/c1-9(2)13(16-20(19)14(3,4)5)10-7-12(18)17(6)8-11(10)15/h7-9,13,16H,1-6H3/t13-,20-/m0/s1. The maximum Gasteiger partial charge on any atom is 0.250 e. The van der Waals surface area contributed by atoms with Crippen molar-refractivity contribution in [3.63, 3.8) is 0 Å². The minimum absolute atomic E-state index is 0.0720. The van der Waals surface area contributed by atoms with Crippen LogP contribution in [0, 0.1) is 5.92 Å². The number of hydrogen-bond donors (Lipinski definition) is 1. The Labute approximate surface area is 131 Å². The number of pyridine rings is 1. The van der Waals surface area contributed by atoms with Gasteiger partial charge in [-0.05, 0) is 48.2 Å². The lowest BCUT2D eigenvalue weighted by Crippen LogP contribution is -2.38. The maximum atomic E-state index is 12.3. The highest BCUT2D eigenvalue weighted by molar-refractivity contribution is 9.10. The molecule has 114 valence electrons. The third-order valence-electron chi connectivity index (χ3n) is 3.00. The zero-order chi connectivity index (χ0) is 15.7. The Kier molecular flexibility index (Phi) is 5.75. The molecule has 0 spiro atoms. The number of hydrogen-bond acceptors (Lipinski definition) is 2. The fraction of sp³-hybridized carbons (Fsp3) is 0.643. The van der Waals surface area contributed by atoms with E-state index in [1.165, 1.54) is 4.57 Å². The van der Waals surface area contributed by atoms with E-state index in [1.807, 2.05) is 34.6 Å². The number of rotatable bonds is 4. The summed E-state index contributed by atoms with van der Waals surface area (Å²) < 4.78 is 17.5. The summed E-state index contributed by atoms with van der Waals surface area (Å²) in [5.74, 6) is 0.213. The van der Waals surface area contributed by atoms with Gasteiger partial charge in [0.15, 0.2) is 0 Å². The van der Waals surface area contributed by atoms with Crippen LogP contribution in [0.25, 0.3) is 0 Å². The molecule has 0 aromatic carbocycles. The number of aromatic nitrogens is 1. The lowest BCUT2D eigenvalue weighted by Gasteiger charge is -2.27. The SMILES string of the molecule is CC(C)[C@H](N[S@@](=O)C(C)(C)C)c1cc(=O)n(C)cc1Br. The van der Waals surface area contributed by atoms with Crippen LogP contribution in [0.1, 0.15) is 46.2 Å². The average Bonchev–Trinajstić information content (AvgIpc) is 2.29. The van der Waals surface area contributed by atoms with Crippen molar-refractivity contribution in [1.82, 2.24) is 9.29 Å². The Morgan fingerprint density at radius 2 is 1.90 bits per heavy atom. The van der Waals surface area contributed by atoms with Gasteiger partial charge in [0.2, 0.25) is 0 Å². The van der Waals surface area contributed by atoms with Gasteiger partial charge in [0.25, 0.3) is 5.56 Å². The normalized spacial score (nSPS) is 15.4. The molecule has 0 aliphatic carbocycles. The van der Waals surface area contributed by atoms with Gasteiger partial charge in [0, 0.05) is 29.8 Å². The average molecular weight is 363 g/mol. The van der Waals surface area contributed by atoms with Crippen molar-refractivity contribution in [3.8, 4) is 0 Å². The van der Waals surface area contributed by atoms with E-state index in [4.69, 9.17) is 0 Å². The lowest BCUT2D eigenvalue weighted by molar-refractivity contribution is 0.470. The molecular formula is C14H23BrN2O2S. The third-order valence-corrected chi connectivity index (χ3v) is 5.24. The molecule has 1 aromatic heterocycles. The molecule has 0 bridgehead atoms. The smallest absolute Gasteiger partial charge is 0.250 e. The molecule has 0 radical (unpaired) electrons. The molecule has 1 N–H and O–H groups in total. The Balaban J connectivity index is 3.19. The second kappa shape index (κ2) is 6.54. The molecule has 1 heterocycles. The maximum absolute atomic E-state index is 12.3. The van der Waals surface area contributed by atoms with E-state index in [1.54, 1.807) is 19.3 Å². The van der Waals surface area contributed by atoms with Gasteiger partial charge in [-0.3, -0.25) is 4.79 Å². The Morgan fingerprint density at radius 1 is 1.35 bits per heavy atom. The van der Waals surface area contributed by atoms with Gasteiger partial charge in [0.05, 0.1) is 15.7 Å². The van der Waals surface area contributed by atoms with Gasteiger partial charge < -0.3 is 4.57 Å². The summed E-state index contributed by atoms with van der Waals surface area (Å²) in [6.07, 6.45) is 1.74. The summed E-state index contributed by atoms with van der Waals surface area (Å²) in [6, 6.07) is 1.46. The molecule has 0 saturated heterocycles. The van der Waals surface area contributed by atoms with E-state index in [9.17, 15) is 9.00 Å². The van der Waals surface area contributed by atoms with Crippen molar-refractivity contribution in [2.75, 3.05) is 0 Å². The van der Waals surface area contributed by atoms with E-state index in [-0.39, 0.29) is 22.3 Å². The first-order valence-electron chi connectivity index (χ1n) is 6.58. The second-order valence-corrected chi connectivity index (χ2v) is 9.10. The monoisotopic (exact) mass is 362 g/mol. The first-order chi connectivity index (χ1) is 9.04. The topological polar surface area (TPSA) is 51.1 Å². The van der Waals surface area contributed by atoms with Crippen LogP contribution in [0.2, 0.25) is 0 Å². The molecule has 2 atom stereocenters. The summed E-state index contributed by atoms with van der Waals surface area (Å²) in [5, 5.41) is 0. The second-order valence-electron chi connectivity index (χ2n) is 6.25. The van der Waals surface area contributed by atoms with Crippen LogP contribution in [0.3, 0.4) is 0 Å². The van der Waals surface area contributed by atoms with Crippen molar-refractivity contribution >= 4 is 26.9 Å². The molecule has 0 aliphatic rings. The fourth-order valence-corrected chi connectivity index (χ4v) is 3.35. The Morgan fingerprint density at radius 3 is 2.35 bits per heavy atom. The highest BCUT2D eigenvalue weighted by atomic mass is 79.9. The molecule has 0 amide bonds. The highest BCUT2D eigenvalue weighted by Crippen LogP contribution is 2.28.